The van der Waals surface area contributed by atoms with Gasteiger partial charge in [-0.1, -0.05) is 18.2 Å². The van der Waals surface area contributed by atoms with Gasteiger partial charge in [0.05, 0.1) is 42.7 Å². The molecule has 3 heterocycles. The Bertz CT molecular complexity index is 2220. The topological polar surface area (TPSA) is 120 Å². The Morgan fingerprint density at radius 1 is 0.760 bits per heavy atom. The van der Waals surface area contributed by atoms with Gasteiger partial charge in [0, 0.05) is 40.4 Å². The molecule has 0 saturated carbocycles. The maximum atomic E-state index is 14.5. The molecule has 0 aliphatic heterocycles. The fourth-order valence-electron chi connectivity index (χ4n) is 6.23. The van der Waals surface area contributed by atoms with Gasteiger partial charge in [-0.05, 0) is 65.7 Å². The summed E-state index contributed by atoms with van der Waals surface area (Å²) in [5.41, 5.74) is 2.30. The van der Waals surface area contributed by atoms with Crippen molar-refractivity contribution < 1.29 is 37.6 Å². The summed E-state index contributed by atoms with van der Waals surface area (Å²) >= 11 is 1.63. The molecule has 0 aliphatic carbocycles. The van der Waals surface area contributed by atoms with Crippen molar-refractivity contribution in [2.24, 2.45) is 0 Å². The van der Waals surface area contributed by atoms with Crippen molar-refractivity contribution in [3.63, 3.8) is 0 Å². The maximum Gasteiger partial charge on any atom is 0.361 e. The summed E-state index contributed by atoms with van der Waals surface area (Å²) in [6.07, 6.45) is 1.11. The third-order valence-electron chi connectivity index (χ3n) is 8.61. The number of nitrogens with one attached hydrogen (secondary N) is 1. The first-order valence-electron chi connectivity index (χ1n) is 15.8. The molecule has 3 aromatic heterocycles. The number of methoxy groups -OCH3 is 6. The van der Waals surface area contributed by atoms with Gasteiger partial charge >= 0.3 is 5.63 Å². The standard InChI is InChI=1S/C38H38N2O9S/c1-43-26-11-9-22(18-29(26)45-3)14-16-40-35(37(41)39-15-13-24-8-7-17-50-24)33(23-10-12-27(44-2)30(19-23)46-4)34-25-20-31(47-5)32(48-6)21-28(25)49-38(42)36(34)40/h7-12,17-21H,13-16H2,1-6H3,(H,39,41). The van der Waals surface area contributed by atoms with E-state index in [1.807, 2.05) is 41.8 Å². The lowest BCUT2D eigenvalue weighted by molar-refractivity contribution is 0.0946. The molecule has 50 heavy (non-hydrogen) atoms. The van der Waals surface area contributed by atoms with E-state index in [0.29, 0.717) is 81.5 Å². The number of benzene rings is 3. The van der Waals surface area contributed by atoms with Crippen LogP contribution in [0.5, 0.6) is 34.5 Å². The first-order chi connectivity index (χ1) is 24.3. The van der Waals surface area contributed by atoms with Gasteiger partial charge in [0.1, 0.15) is 16.8 Å². The summed E-state index contributed by atoms with van der Waals surface area (Å²) in [5, 5.41) is 6.22. The third-order valence-corrected chi connectivity index (χ3v) is 9.55. The van der Waals surface area contributed by atoms with Crippen LogP contribution in [-0.4, -0.2) is 59.7 Å². The quantitative estimate of drug-likeness (QED) is 0.123. The summed E-state index contributed by atoms with van der Waals surface area (Å²) in [6.45, 7) is 0.652. The molecule has 11 nitrogen and oxygen atoms in total. The number of carbonyl (C=O) groups excluding carboxylic acids is 1. The van der Waals surface area contributed by atoms with Crippen LogP contribution in [0.15, 0.2) is 75.3 Å². The molecule has 260 valence electrons. The smallest absolute Gasteiger partial charge is 0.361 e. The molecule has 0 spiro atoms. The number of amides is 1. The minimum absolute atomic E-state index is 0.235. The minimum Gasteiger partial charge on any atom is -0.493 e. The minimum atomic E-state index is -0.605. The van der Waals surface area contributed by atoms with Crippen molar-refractivity contribution in [3.05, 3.63) is 92.6 Å². The number of thiophene rings is 1. The van der Waals surface area contributed by atoms with Crippen molar-refractivity contribution in [1.29, 1.82) is 0 Å². The number of nitrogens with zero attached hydrogens (tertiary/aromatic N) is 1. The van der Waals surface area contributed by atoms with E-state index in [0.717, 1.165) is 10.4 Å². The first-order valence-corrected chi connectivity index (χ1v) is 16.7. The van der Waals surface area contributed by atoms with E-state index < -0.39 is 5.63 Å². The van der Waals surface area contributed by atoms with Gasteiger partial charge in [-0.15, -0.1) is 11.3 Å². The lowest BCUT2D eigenvalue weighted by Gasteiger charge is -2.14. The van der Waals surface area contributed by atoms with E-state index in [-0.39, 0.29) is 23.6 Å². The molecule has 0 fully saturated rings. The first kappa shape index (κ1) is 34.3. The lowest BCUT2D eigenvalue weighted by atomic mass is 9.98. The van der Waals surface area contributed by atoms with Crippen LogP contribution in [0.25, 0.3) is 33.0 Å². The van der Waals surface area contributed by atoms with Crippen LogP contribution in [0.1, 0.15) is 20.9 Å². The zero-order valence-corrected chi connectivity index (χ0v) is 29.5. The fourth-order valence-corrected chi connectivity index (χ4v) is 6.94. The van der Waals surface area contributed by atoms with E-state index in [1.165, 1.54) is 14.2 Å². The van der Waals surface area contributed by atoms with Crippen LogP contribution in [-0.2, 0) is 19.4 Å². The van der Waals surface area contributed by atoms with Crippen molar-refractivity contribution in [3.8, 4) is 45.6 Å². The molecule has 0 saturated heterocycles. The van der Waals surface area contributed by atoms with Gasteiger partial charge in [0.15, 0.2) is 34.5 Å². The Kier molecular flexibility index (Phi) is 10.2. The fraction of sp³-hybridized carbons (Fsp3) is 0.263. The Balaban J connectivity index is 1.63. The molecule has 6 aromatic rings. The summed E-state index contributed by atoms with van der Waals surface area (Å²) < 4.78 is 41.1. The Hall–Kier alpha value is -5.62. The highest BCUT2D eigenvalue weighted by Gasteiger charge is 2.29. The molecular formula is C38H38N2O9S. The van der Waals surface area contributed by atoms with E-state index >= 15 is 0 Å². The van der Waals surface area contributed by atoms with E-state index in [4.69, 9.17) is 32.8 Å². The van der Waals surface area contributed by atoms with Crippen molar-refractivity contribution >= 4 is 39.1 Å². The van der Waals surface area contributed by atoms with Gasteiger partial charge in [-0.25, -0.2) is 4.79 Å². The van der Waals surface area contributed by atoms with E-state index in [2.05, 4.69) is 5.32 Å². The number of ether oxygens (including phenoxy) is 6. The molecule has 0 aliphatic rings. The van der Waals surface area contributed by atoms with Gasteiger partial charge in [-0.2, -0.15) is 0 Å². The number of aryl methyl sites for hydroxylation is 2. The number of hydrogen-bond acceptors (Lipinski definition) is 10. The molecule has 0 unspecified atom stereocenters. The predicted octanol–water partition coefficient (Wildman–Crippen LogP) is 6.74. The van der Waals surface area contributed by atoms with Gasteiger partial charge in [0.25, 0.3) is 5.91 Å². The Morgan fingerprint density at radius 2 is 1.40 bits per heavy atom. The molecule has 3 aromatic carbocycles. The van der Waals surface area contributed by atoms with Crippen LogP contribution in [0.3, 0.4) is 0 Å². The second-order valence-corrected chi connectivity index (χ2v) is 12.3. The molecule has 12 heteroatoms. The van der Waals surface area contributed by atoms with Gasteiger partial charge < -0.3 is 42.7 Å². The predicted molar refractivity (Wildman–Crippen MR) is 193 cm³/mol. The number of fused-ring (bicyclic) bond motifs is 3. The lowest BCUT2D eigenvalue weighted by Crippen LogP contribution is -2.29. The zero-order chi connectivity index (χ0) is 35.4. The van der Waals surface area contributed by atoms with Crippen LogP contribution < -0.4 is 39.4 Å². The van der Waals surface area contributed by atoms with E-state index in [9.17, 15) is 9.59 Å². The maximum absolute atomic E-state index is 14.5. The number of rotatable bonds is 14. The highest BCUT2D eigenvalue weighted by atomic mass is 32.1. The van der Waals surface area contributed by atoms with Crippen molar-refractivity contribution in [2.45, 2.75) is 19.4 Å². The van der Waals surface area contributed by atoms with Crippen molar-refractivity contribution in [1.82, 2.24) is 9.88 Å². The second kappa shape index (κ2) is 14.9. The van der Waals surface area contributed by atoms with Crippen LogP contribution in [0.2, 0.25) is 0 Å². The van der Waals surface area contributed by atoms with E-state index in [1.54, 1.807) is 68.6 Å². The monoisotopic (exact) mass is 698 g/mol. The SMILES string of the molecule is COc1ccc(CCn2c(C(=O)NCCc3cccs3)c(-c3ccc(OC)c(OC)c3)c3c4cc(OC)c(OC)cc4oc(=O)c32)cc1OC. The zero-order valence-electron chi connectivity index (χ0n) is 28.7. The number of carbonyl (C=O) groups is 1. The molecule has 0 bridgehead atoms. The molecule has 0 atom stereocenters. The Labute approximate surface area is 292 Å². The Morgan fingerprint density at radius 3 is 2.06 bits per heavy atom. The highest BCUT2D eigenvalue weighted by Crippen LogP contribution is 2.43. The average molecular weight is 699 g/mol. The summed E-state index contributed by atoms with van der Waals surface area (Å²) in [7, 11) is 9.32. The number of aromatic nitrogens is 1. The molecule has 1 amide bonds. The average Bonchev–Trinajstić information content (AvgIpc) is 3.79. The van der Waals surface area contributed by atoms with Crippen LogP contribution in [0, 0.1) is 0 Å². The van der Waals surface area contributed by atoms with Crippen LogP contribution >= 0.6 is 11.3 Å². The third kappa shape index (κ3) is 6.41. The highest BCUT2D eigenvalue weighted by molar-refractivity contribution is 7.09. The largest absolute Gasteiger partial charge is 0.493 e. The molecule has 1 N–H and O–H groups in total. The summed E-state index contributed by atoms with van der Waals surface area (Å²) in [4.78, 5) is 29.8. The molecule has 6 rings (SSSR count). The van der Waals surface area contributed by atoms with Crippen molar-refractivity contribution in [2.75, 3.05) is 49.2 Å². The van der Waals surface area contributed by atoms with Gasteiger partial charge in [-0.3, -0.25) is 4.79 Å². The van der Waals surface area contributed by atoms with Gasteiger partial charge in [0.2, 0.25) is 0 Å². The summed E-state index contributed by atoms with van der Waals surface area (Å²) in [5.74, 6) is 2.65. The second-order valence-electron chi connectivity index (χ2n) is 11.3. The molecule has 0 radical (unpaired) electrons. The molecular weight excluding hydrogens is 660 g/mol. The summed E-state index contributed by atoms with van der Waals surface area (Å²) in [6, 6.07) is 18.5. The van der Waals surface area contributed by atoms with Crippen LogP contribution in [0.4, 0.5) is 0 Å². The normalized spacial score (nSPS) is 11.1. The number of hydrogen-bond donors (Lipinski definition) is 1.